The molecule has 2 heterocycles. The topological polar surface area (TPSA) is 82.8 Å². The van der Waals surface area contributed by atoms with Gasteiger partial charge in [0, 0.05) is 30.4 Å². The molecule has 2 aromatic carbocycles. The van der Waals surface area contributed by atoms with Gasteiger partial charge in [0.05, 0.1) is 10.8 Å². The van der Waals surface area contributed by atoms with E-state index in [1.165, 1.54) is 12.1 Å². The Balaban J connectivity index is 1.60. The van der Waals surface area contributed by atoms with Crippen molar-refractivity contribution in [2.75, 3.05) is 18.0 Å². The smallest absolute Gasteiger partial charge is 0.405 e. The molecular weight excluding hydrogens is 375 g/mol. The maximum Gasteiger partial charge on any atom is 0.405 e. The number of rotatable bonds is 4. The molecule has 29 heavy (non-hydrogen) atoms. The van der Waals surface area contributed by atoms with Crippen molar-refractivity contribution in [3.8, 4) is 0 Å². The number of halogens is 1. The van der Waals surface area contributed by atoms with Gasteiger partial charge in [0.25, 0.3) is 0 Å². The summed E-state index contributed by atoms with van der Waals surface area (Å²) in [5.74, 6) is -0.213. The molecule has 0 radical (unpaired) electrons. The zero-order valence-corrected chi connectivity index (χ0v) is 16.4. The number of amides is 1. The Bertz CT molecular complexity index is 1150. The van der Waals surface area contributed by atoms with Gasteiger partial charge in [-0.2, -0.15) is 0 Å². The third kappa shape index (κ3) is 3.77. The first-order chi connectivity index (χ1) is 13.7. The average Bonchev–Trinajstić information content (AvgIpc) is 3.09. The lowest BCUT2D eigenvalue weighted by Gasteiger charge is -2.28. The summed E-state index contributed by atoms with van der Waals surface area (Å²) in [5.41, 5.74) is 0.499. The monoisotopic (exact) mass is 398 g/mol. The molecule has 1 amide bonds. The van der Waals surface area contributed by atoms with Crippen molar-refractivity contribution >= 4 is 33.7 Å². The molecule has 1 atom stereocenters. The first-order valence-corrected chi connectivity index (χ1v) is 9.65. The fourth-order valence-electron chi connectivity index (χ4n) is 4.32. The summed E-state index contributed by atoms with van der Waals surface area (Å²) >= 11 is 0. The number of benzene rings is 2. The maximum absolute atomic E-state index is 14.1. The van der Waals surface area contributed by atoms with Crippen LogP contribution in [0.5, 0.6) is 0 Å². The van der Waals surface area contributed by atoms with E-state index in [-0.39, 0.29) is 16.4 Å². The van der Waals surface area contributed by atoms with Gasteiger partial charge in [0.2, 0.25) is 5.43 Å². The highest BCUT2D eigenvalue weighted by Crippen LogP contribution is 2.31. The summed E-state index contributed by atoms with van der Waals surface area (Å²) in [6, 6.07) is 9.73. The number of hydrogen-bond acceptors (Lipinski definition) is 4. The van der Waals surface area contributed by atoms with Crippen LogP contribution < -0.4 is 15.6 Å². The van der Waals surface area contributed by atoms with Crippen LogP contribution in [0.3, 0.4) is 0 Å². The van der Waals surface area contributed by atoms with Crippen LogP contribution in [0, 0.1) is 11.7 Å². The van der Waals surface area contributed by atoms with Gasteiger partial charge >= 0.3 is 6.09 Å². The van der Waals surface area contributed by atoms with Crippen molar-refractivity contribution in [1.82, 2.24) is 5.32 Å². The van der Waals surface area contributed by atoms with Gasteiger partial charge in [0.15, 0.2) is 11.4 Å². The quantitative estimate of drug-likeness (QED) is 0.639. The Morgan fingerprint density at radius 3 is 2.86 bits per heavy atom. The molecule has 152 valence electrons. The predicted octanol–water partition coefficient (Wildman–Crippen LogP) is 4.35. The third-order valence-corrected chi connectivity index (χ3v) is 5.53. The van der Waals surface area contributed by atoms with Crippen LogP contribution in [0.15, 0.2) is 45.6 Å². The number of nitrogens with zero attached hydrogens (tertiary/aromatic N) is 1. The summed E-state index contributed by atoms with van der Waals surface area (Å²) in [6.45, 7) is 5.37. The average molecular weight is 398 g/mol. The predicted molar refractivity (Wildman–Crippen MR) is 110 cm³/mol. The third-order valence-electron chi connectivity index (χ3n) is 5.53. The summed E-state index contributed by atoms with van der Waals surface area (Å²) in [6.07, 6.45) is 0.654. The number of carboxylic acid groups (broad SMARTS) is 1. The van der Waals surface area contributed by atoms with E-state index in [0.29, 0.717) is 16.9 Å². The molecule has 4 rings (SSSR count). The Kier molecular flexibility index (Phi) is 4.68. The van der Waals surface area contributed by atoms with E-state index in [0.717, 1.165) is 31.6 Å². The summed E-state index contributed by atoms with van der Waals surface area (Å²) in [5, 5.41) is 12.2. The summed E-state index contributed by atoms with van der Waals surface area (Å²) < 4.78 is 19.8. The Morgan fingerprint density at radius 1 is 1.31 bits per heavy atom. The van der Waals surface area contributed by atoms with Crippen LogP contribution in [0.25, 0.3) is 21.9 Å². The molecule has 6 nitrogen and oxygen atoms in total. The maximum atomic E-state index is 14.1. The van der Waals surface area contributed by atoms with E-state index < -0.39 is 17.4 Å². The van der Waals surface area contributed by atoms with Crippen molar-refractivity contribution in [3.63, 3.8) is 0 Å². The highest BCUT2D eigenvalue weighted by Gasteiger charge is 2.30. The standard InChI is InChI=1S/C22H23FN2O4/c1-22(2,24-21(27)28)11-13-8-9-25(12-13)14-6-7-15-18(10-14)29-20-16(19(15)26)4-3-5-17(20)23/h3-7,10,13,24H,8-9,11-12H2,1-2H3,(H,27,28)/t13-/m1/s1. The fraction of sp³-hybridized carbons (Fsp3) is 0.364. The minimum Gasteiger partial charge on any atom is -0.465 e. The molecule has 0 spiro atoms. The first-order valence-electron chi connectivity index (χ1n) is 9.65. The number of hydrogen-bond donors (Lipinski definition) is 2. The van der Waals surface area contributed by atoms with E-state index in [2.05, 4.69) is 10.2 Å². The number of anilines is 1. The van der Waals surface area contributed by atoms with Gasteiger partial charge in [-0.15, -0.1) is 0 Å². The zero-order valence-electron chi connectivity index (χ0n) is 16.4. The van der Waals surface area contributed by atoms with Crippen LogP contribution in [-0.4, -0.2) is 29.8 Å². The van der Waals surface area contributed by atoms with Crippen LogP contribution in [0.2, 0.25) is 0 Å². The molecule has 1 aliphatic rings. The SMILES string of the molecule is CC(C)(C[C@H]1CCN(c2ccc3c(=O)c4cccc(F)c4oc3c2)C1)NC(=O)O. The second-order valence-electron chi connectivity index (χ2n) is 8.35. The molecule has 1 aliphatic heterocycles. The molecule has 3 aromatic rings. The molecule has 1 fully saturated rings. The van der Waals surface area contributed by atoms with Crippen molar-refractivity contribution in [2.45, 2.75) is 32.2 Å². The molecular formula is C22H23FN2O4. The van der Waals surface area contributed by atoms with E-state index in [1.807, 2.05) is 19.9 Å². The van der Waals surface area contributed by atoms with Gasteiger partial charge in [-0.05, 0) is 56.9 Å². The lowest BCUT2D eigenvalue weighted by Crippen LogP contribution is -2.44. The van der Waals surface area contributed by atoms with Gasteiger partial charge in [0.1, 0.15) is 5.58 Å². The molecule has 0 aliphatic carbocycles. The molecule has 2 N–H and O–H groups in total. The van der Waals surface area contributed by atoms with E-state index in [1.54, 1.807) is 18.2 Å². The first kappa shape index (κ1) is 19.2. The minimum absolute atomic E-state index is 0.0251. The van der Waals surface area contributed by atoms with E-state index >= 15 is 0 Å². The Hall–Kier alpha value is -3.09. The largest absolute Gasteiger partial charge is 0.465 e. The lowest BCUT2D eigenvalue weighted by atomic mass is 9.90. The van der Waals surface area contributed by atoms with Crippen LogP contribution in [-0.2, 0) is 0 Å². The number of nitrogens with one attached hydrogen (secondary N) is 1. The minimum atomic E-state index is -1.02. The van der Waals surface area contributed by atoms with Gasteiger partial charge < -0.3 is 19.7 Å². The number of para-hydroxylation sites is 1. The van der Waals surface area contributed by atoms with E-state index in [9.17, 15) is 14.0 Å². The lowest BCUT2D eigenvalue weighted by molar-refractivity contribution is 0.177. The van der Waals surface area contributed by atoms with Crippen molar-refractivity contribution < 1.29 is 18.7 Å². The molecule has 0 unspecified atom stereocenters. The fourth-order valence-corrected chi connectivity index (χ4v) is 4.32. The normalized spacial score (nSPS) is 17.2. The van der Waals surface area contributed by atoms with Crippen molar-refractivity contribution in [1.29, 1.82) is 0 Å². The molecule has 0 saturated carbocycles. The van der Waals surface area contributed by atoms with Crippen LogP contribution in [0.1, 0.15) is 26.7 Å². The zero-order chi connectivity index (χ0) is 20.8. The Morgan fingerprint density at radius 2 is 2.10 bits per heavy atom. The second-order valence-corrected chi connectivity index (χ2v) is 8.35. The molecule has 1 aromatic heterocycles. The number of carbonyl (C=O) groups is 1. The highest BCUT2D eigenvalue weighted by molar-refractivity contribution is 5.91. The van der Waals surface area contributed by atoms with Gasteiger partial charge in [-0.1, -0.05) is 6.07 Å². The van der Waals surface area contributed by atoms with Crippen LogP contribution in [0.4, 0.5) is 14.9 Å². The van der Waals surface area contributed by atoms with Crippen molar-refractivity contribution in [2.24, 2.45) is 5.92 Å². The molecule has 7 heteroatoms. The molecule has 1 saturated heterocycles. The van der Waals surface area contributed by atoms with Crippen molar-refractivity contribution in [3.05, 3.63) is 52.4 Å². The van der Waals surface area contributed by atoms with Crippen LogP contribution >= 0.6 is 0 Å². The summed E-state index contributed by atoms with van der Waals surface area (Å²) in [7, 11) is 0. The van der Waals surface area contributed by atoms with Gasteiger partial charge in [-0.3, -0.25) is 4.79 Å². The highest BCUT2D eigenvalue weighted by atomic mass is 19.1. The summed E-state index contributed by atoms with van der Waals surface area (Å²) in [4.78, 5) is 25.8. The Labute approximate surface area is 166 Å². The van der Waals surface area contributed by atoms with Gasteiger partial charge in [-0.25, -0.2) is 9.18 Å². The second kappa shape index (κ2) is 7.06. The molecule has 0 bridgehead atoms. The number of fused-ring (bicyclic) bond motifs is 2. The van der Waals surface area contributed by atoms with E-state index in [4.69, 9.17) is 9.52 Å².